The number of nitrogens with one attached hydrogen (secondary N) is 1. The minimum Gasteiger partial charge on any atom is -0.444 e. The highest BCUT2D eigenvalue weighted by molar-refractivity contribution is 6.29. The number of fused-ring (bicyclic) bond motifs is 2. The lowest BCUT2D eigenvalue weighted by atomic mass is 9.82. The molecule has 6 nitrogen and oxygen atoms in total. The topological polar surface area (TPSA) is 67.3 Å². The van der Waals surface area contributed by atoms with Gasteiger partial charge in [0.15, 0.2) is 5.15 Å². The lowest BCUT2D eigenvalue weighted by Crippen LogP contribution is -2.59. The van der Waals surface area contributed by atoms with Crippen LogP contribution in [0.25, 0.3) is 0 Å². The van der Waals surface area contributed by atoms with Gasteiger partial charge in [-0.15, -0.1) is 5.10 Å². The molecule has 0 spiro atoms. The Kier molecular flexibility index (Phi) is 5.49. The number of rotatable bonds is 3. The number of ether oxygens (including phenoxy) is 1. The Morgan fingerprint density at radius 1 is 1.28 bits per heavy atom. The zero-order chi connectivity index (χ0) is 18.0. The summed E-state index contributed by atoms with van der Waals surface area (Å²) in [6, 6.07) is 4.54. The van der Waals surface area contributed by atoms with Crippen LogP contribution in [0.15, 0.2) is 12.1 Å². The maximum atomic E-state index is 12.6. The average molecular weight is 367 g/mol. The molecule has 25 heavy (non-hydrogen) atoms. The molecule has 3 rings (SSSR count). The molecule has 3 heterocycles. The third-order valence-electron chi connectivity index (χ3n) is 4.84. The van der Waals surface area contributed by atoms with Crippen LogP contribution in [-0.2, 0) is 11.3 Å². The smallest absolute Gasteiger partial charge is 0.410 e. The minimum absolute atomic E-state index is 0.163. The molecule has 0 saturated carbocycles. The van der Waals surface area contributed by atoms with Crippen LogP contribution < -0.4 is 5.32 Å². The predicted octanol–water partition coefficient (Wildman–Crippen LogP) is 3.54. The summed E-state index contributed by atoms with van der Waals surface area (Å²) in [4.78, 5) is 14.6. The van der Waals surface area contributed by atoms with Gasteiger partial charge in [0.1, 0.15) is 5.60 Å². The van der Waals surface area contributed by atoms with Crippen LogP contribution >= 0.6 is 11.6 Å². The highest BCUT2D eigenvalue weighted by Crippen LogP contribution is 2.35. The Bertz CT molecular complexity index is 588. The third kappa shape index (κ3) is 4.82. The zero-order valence-corrected chi connectivity index (χ0v) is 15.9. The third-order valence-corrected chi connectivity index (χ3v) is 5.04. The van der Waals surface area contributed by atoms with Crippen LogP contribution in [0.2, 0.25) is 5.15 Å². The molecule has 2 aliphatic rings. The number of hydrogen-bond acceptors (Lipinski definition) is 5. The summed E-state index contributed by atoms with van der Waals surface area (Å²) in [5.41, 5.74) is 0.428. The standard InChI is InChI=1S/C18H27ClN4O2/c1-18(2,3)25-17(24)23-14-5-4-6-15(23)10-13(9-14)20-11-12-7-8-16(19)22-21-12/h7-8,13-15,20H,4-6,9-11H2,1-3H3. The van der Waals surface area contributed by atoms with Crippen LogP contribution in [0.3, 0.4) is 0 Å². The van der Waals surface area contributed by atoms with E-state index in [0.29, 0.717) is 17.7 Å². The van der Waals surface area contributed by atoms with Gasteiger partial charge in [-0.3, -0.25) is 0 Å². The molecule has 2 saturated heterocycles. The fourth-order valence-electron chi connectivity index (χ4n) is 3.85. The summed E-state index contributed by atoms with van der Waals surface area (Å²) < 4.78 is 5.63. The molecule has 1 amide bonds. The highest BCUT2D eigenvalue weighted by Gasteiger charge is 2.42. The molecule has 2 bridgehead atoms. The summed E-state index contributed by atoms with van der Waals surface area (Å²) in [5.74, 6) is 0. The van der Waals surface area contributed by atoms with Gasteiger partial charge in [0.05, 0.1) is 5.69 Å². The van der Waals surface area contributed by atoms with Crippen molar-refractivity contribution in [2.45, 2.75) is 83.1 Å². The van der Waals surface area contributed by atoms with Crippen molar-refractivity contribution in [1.82, 2.24) is 20.4 Å². The van der Waals surface area contributed by atoms with Crippen LogP contribution in [0.5, 0.6) is 0 Å². The Balaban J connectivity index is 1.59. The van der Waals surface area contributed by atoms with Crippen LogP contribution in [-0.4, -0.2) is 44.9 Å². The lowest BCUT2D eigenvalue weighted by molar-refractivity contribution is -0.0236. The van der Waals surface area contributed by atoms with E-state index in [1.807, 2.05) is 31.7 Å². The molecule has 2 fully saturated rings. The van der Waals surface area contributed by atoms with Crippen molar-refractivity contribution in [3.8, 4) is 0 Å². The van der Waals surface area contributed by atoms with Gasteiger partial charge in [-0.05, 0) is 65.0 Å². The van der Waals surface area contributed by atoms with Crippen molar-refractivity contribution in [3.05, 3.63) is 23.0 Å². The van der Waals surface area contributed by atoms with Gasteiger partial charge in [0.2, 0.25) is 0 Å². The normalized spacial score (nSPS) is 26.4. The van der Waals surface area contributed by atoms with Crippen molar-refractivity contribution in [2.75, 3.05) is 0 Å². The van der Waals surface area contributed by atoms with Crippen molar-refractivity contribution in [1.29, 1.82) is 0 Å². The first-order chi connectivity index (χ1) is 11.8. The molecule has 7 heteroatoms. The molecular formula is C18H27ClN4O2. The number of carbonyl (C=O) groups excluding carboxylic acids is 1. The summed E-state index contributed by atoms with van der Waals surface area (Å²) in [7, 11) is 0. The molecule has 1 aromatic rings. The molecule has 1 N–H and O–H groups in total. The first kappa shape index (κ1) is 18.4. The molecule has 0 aromatic carbocycles. The molecule has 0 radical (unpaired) electrons. The number of carbonyl (C=O) groups is 1. The summed E-state index contributed by atoms with van der Waals surface area (Å²) in [6.07, 6.45) is 5.03. The quantitative estimate of drug-likeness (QED) is 0.886. The number of aromatic nitrogens is 2. The zero-order valence-electron chi connectivity index (χ0n) is 15.2. The fourth-order valence-corrected chi connectivity index (χ4v) is 3.95. The van der Waals surface area contributed by atoms with E-state index in [9.17, 15) is 4.79 Å². The summed E-state index contributed by atoms with van der Waals surface area (Å²) >= 11 is 5.77. The number of piperidine rings is 2. The van der Waals surface area contributed by atoms with Gasteiger partial charge in [0.25, 0.3) is 0 Å². The largest absolute Gasteiger partial charge is 0.444 e. The molecule has 138 valence electrons. The van der Waals surface area contributed by atoms with Crippen molar-refractivity contribution >= 4 is 17.7 Å². The maximum Gasteiger partial charge on any atom is 0.410 e. The SMILES string of the molecule is CC(C)(C)OC(=O)N1C2CCCC1CC(NCc1ccc(Cl)nn1)C2. The minimum atomic E-state index is -0.451. The van der Waals surface area contributed by atoms with Gasteiger partial charge < -0.3 is 15.0 Å². The second kappa shape index (κ2) is 7.46. The lowest BCUT2D eigenvalue weighted by Gasteiger charge is -2.48. The van der Waals surface area contributed by atoms with Gasteiger partial charge in [-0.2, -0.15) is 5.10 Å². The molecule has 2 atom stereocenters. The number of halogens is 1. The van der Waals surface area contributed by atoms with E-state index in [-0.39, 0.29) is 18.2 Å². The fraction of sp³-hybridized carbons (Fsp3) is 0.722. The molecular weight excluding hydrogens is 340 g/mol. The Morgan fingerprint density at radius 3 is 2.52 bits per heavy atom. The Labute approximate surface area is 154 Å². The van der Waals surface area contributed by atoms with Crippen LogP contribution in [0, 0.1) is 0 Å². The highest BCUT2D eigenvalue weighted by atomic mass is 35.5. The van der Waals surface area contributed by atoms with E-state index in [2.05, 4.69) is 15.5 Å². The monoisotopic (exact) mass is 366 g/mol. The van der Waals surface area contributed by atoms with Gasteiger partial charge in [0, 0.05) is 24.7 Å². The average Bonchev–Trinajstić information content (AvgIpc) is 2.51. The van der Waals surface area contributed by atoms with E-state index < -0.39 is 5.60 Å². The van der Waals surface area contributed by atoms with Crippen LogP contribution in [0.1, 0.15) is 58.6 Å². The first-order valence-corrected chi connectivity index (χ1v) is 9.42. The predicted molar refractivity (Wildman–Crippen MR) is 96.4 cm³/mol. The maximum absolute atomic E-state index is 12.6. The van der Waals surface area contributed by atoms with E-state index in [0.717, 1.165) is 31.4 Å². The Hall–Kier alpha value is -1.40. The molecule has 2 aliphatic heterocycles. The summed E-state index contributed by atoms with van der Waals surface area (Å²) in [6.45, 7) is 6.42. The van der Waals surface area contributed by atoms with E-state index >= 15 is 0 Å². The van der Waals surface area contributed by atoms with Crippen LogP contribution in [0.4, 0.5) is 4.79 Å². The van der Waals surface area contributed by atoms with E-state index in [1.54, 1.807) is 6.07 Å². The van der Waals surface area contributed by atoms with Gasteiger partial charge in [-0.25, -0.2) is 4.79 Å². The number of hydrogen-bond donors (Lipinski definition) is 1. The van der Waals surface area contributed by atoms with Crippen molar-refractivity contribution < 1.29 is 9.53 Å². The number of nitrogens with zero attached hydrogens (tertiary/aromatic N) is 3. The molecule has 1 aromatic heterocycles. The molecule has 2 unspecified atom stereocenters. The summed E-state index contributed by atoms with van der Waals surface area (Å²) in [5, 5.41) is 11.9. The number of amides is 1. The van der Waals surface area contributed by atoms with E-state index in [4.69, 9.17) is 16.3 Å². The van der Waals surface area contributed by atoms with Crippen molar-refractivity contribution in [3.63, 3.8) is 0 Å². The molecule has 0 aliphatic carbocycles. The van der Waals surface area contributed by atoms with Gasteiger partial charge in [-0.1, -0.05) is 11.6 Å². The van der Waals surface area contributed by atoms with Crippen molar-refractivity contribution in [2.24, 2.45) is 0 Å². The second-order valence-corrected chi connectivity index (χ2v) is 8.41. The first-order valence-electron chi connectivity index (χ1n) is 9.04. The van der Waals surface area contributed by atoms with Gasteiger partial charge >= 0.3 is 6.09 Å². The second-order valence-electron chi connectivity index (χ2n) is 8.02. The Morgan fingerprint density at radius 2 is 1.96 bits per heavy atom. The van der Waals surface area contributed by atoms with E-state index in [1.165, 1.54) is 6.42 Å².